The lowest BCUT2D eigenvalue weighted by Gasteiger charge is -2.29. The maximum Gasteiger partial charge on any atom is 0.260 e. The third-order valence-corrected chi connectivity index (χ3v) is 6.78. The van der Waals surface area contributed by atoms with Crippen molar-refractivity contribution in [2.75, 3.05) is 65.6 Å². The van der Waals surface area contributed by atoms with Gasteiger partial charge in [-0.15, -0.1) is 0 Å². The lowest BCUT2D eigenvalue weighted by Crippen LogP contribution is -2.43. The van der Waals surface area contributed by atoms with Crippen molar-refractivity contribution in [2.45, 2.75) is 6.92 Å². The molecule has 2 aromatic carbocycles. The van der Waals surface area contributed by atoms with Gasteiger partial charge in [0.15, 0.2) is 16.6 Å². The molecule has 9 heteroatoms. The summed E-state index contributed by atoms with van der Waals surface area (Å²) in [6.45, 7) is 6.40. The van der Waals surface area contributed by atoms with Gasteiger partial charge in [0.1, 0.15) is 0 Å². The Bertz CT molecular complexity index is 1100. The van der Waals surface area contributed by atoms with Gasteiger partial charge in [-0.2, -0.15) is 0 Å². The summed E-state index contributed by atoms with van der Waals surface area (Å²) in [5.74, 6) is 1.16. The van der Waals surface area contributed by atoms with Crippen molar-refractivity contribution < 1.29 is 23.7 Å². The maximum absolute atomic E-state index is 13.8. The van der Waals surface area contributed by atoms with Crippen LogP contribution in [0.15, 0.2) is 30.3 Å². The van der Waals surface area contributed by atoms with Gasteiger partial charge in [-0.3, -0.25) is 14.6 Å². The van der Waals surface area contributed by atoms with Gasteiger partial charge in [-0.25, -0.2) is 4.98 Å². The van der Waals surface area contributed by atoms with E-state index in [1.807, 2.05) is 25.1 Å². The van der Waals surface area contributed by atoms with Gasteiger partial charge in [0.25, 0.3) is 5.91 Å². The molecule has 8 nitrogen and oxygen atoms in total. The number of methoxy groups -OCH3 is 3. The Balaban J connectivity index is 1.71. The average Bonchev–Trinajstić information content (AvgIpc) is 3.29. The fourth-order valence-electron chi connectivity index (χ4n) is 3.90. The first kappa shape index (κ1) is 23.3. The van der Waals surface area contributed by atoms with Crippen LogP contribution >= 0.6 is 11.3 Å². The number of ether oxygens (including phenoxy) is 4. The van der Waals surface area contributed by atoms with Crippen LogP contribution in [0.25, 0.3) is 10.2 Å². The van der Waals surface area contributed by atoms with Gasteiger partial charge in [-0.05, 0) is 30.7 Å². The summed E-state index contributed by atoms with van der Waals surface area (Å²) in [6, 6.07) is 9.45. The Kier molecular flexibility index (Phi) is 7.32. The van der Waals surface area contributed by atoms with Crippen molar-refractivity contribution in [1.29, 1.82) is 0 Å². The molecule has 0 bridgehead atoms. The van der Waals surface area contributed by atoms with E-state index >= 15 is 0 Å². The summed E-state index contributed by atoms with van der Waals surface area (Å²) < 4.78 is 22.9. The SMILES string of the molecule is COc1cc(C(=O)N(CCN2CCOCC2)c2nc3c(C)cccc3s2)cc(OC)c1OC. The van der Waals surface area contributed by atoms with Crippen molar-refractivity contribution in [1.82, 2.24) is 9.88 Å². The number of amides is 1. The van der Waals surface area contributed by atoms with Crippen molar-refractivity contribution in [3.63, 3.8) is 0 Å². The van der Waals surface area contributed by atoms with E-state index in [1.165, 1.54) is 25.6 Å². The van der Waals surface area contributed by atoms with Crippen LogP contribution in [0.2, 0.25) is 0 Å². The topological polar surface area (TPSA) is 73.4 Å². The molecule has 1 saturated heterocycles. The number of para-hydroxylation sites is 1. The van der Waals surface area contributed by atoms with E-state index in [4.69, 9.17) is 23.9 Å². The number of hydrogen-bond acceptors (Lipinski definition) is 8. The van der Waals surface area contributed by atoms with Crippen LogP contribution in [-0.4, -0.2) is 76.5 Å². The minimum atomic E-state index is -0.167. The summed E-state index contributed by atoms with van der Waals surface area (Å²) >= 11 is 1.52. The van der Waals surface area contributed by atoms with Gasteiger partial charge in [0.2, 0.25) is 5.75 Å². The molecule has 3 aromatic rings. The summed E-state index contributed by atoms with van der Waals surface area (Å²) in [6.07, 6.45) is 0. The van der Waals surface area contributed by atoms with E-state index in [0.29, 0.717) is 47.7 Å². The molecule has 1 aromatic heterocycles. The molecule has 0 aliphatic carbocycles. The first-order valence-electron chi connectivity index (χ1n) is 10.8. The molecule has 1 amide bonds. The fraction of sp³-hybridized carbons (Fsp3) is 0.417. The number of carbonyl (C=O) groups excluding carboxylic acids is 1. The molecule has 176 valence electrons. The van der Waals surface area contributed by atoms with E-state index in [2.05, 4.69) is 4.90 Å². The third-order valence-electron chi connectivity index (χ3n) is 5.74. The second-order valence-electron chi connectivity index (χ2n) is 7.74. The van der Waals surface area contributed by atoms with Crippen molar-refractivity contribution in [3.05, 3.63) is 41.5 Å². The molecule has 1 aliphatic rings. The van der Waals surface area contributed by atoms with Crippen molar-refractivity contribution in [3.8, 4) is 17.2 Å². The van der Waals surface area contributed by atoms with Gasteiger partial charge in [0, 0.05) is 31.7 Å². The monoisotopic (exact) mass is 471 g/mol. The van der Waals surface area contributed by atoms with Crippen LogP contribution in [-0.2, 0) is 4.74 Å². The highest BCUT2D eigenvalue weighted by atomic mass is 32.1. The Morgan fingerprint density at radius 2 is 1.82 bits per heavy atom. The average molecular weight is 472 g/mol. The van der Waals surface area contributed by atoms with Crippen LogP contribution in [0.4, 0.5) is 5.13 Å². The predicted molar refractivity (Wildman–Crippen MR) is 129 cm³/mol. The van der Waals surface area contributed by atoms with E-state index < -0.39 is 0 Å². The quantitative estimate of drug-likeness (QED) is 0.497. The van der Waals surface area contributed by atoms with E-state index in [-0.39, 0.29) is 5.91 Å². The molecular weight excluding hydrogens is 442 g/mol. The first-order chi connectivity index (χ1) is 16.0. The number of hydrogen-bond donors (Lipinski definition) is 0. The zero-order chi connectivity index (χ0) is 23.4. The largest absolute Gasteiger partial charge is 0.493 e. The minimum Gasteiger partial charge on any atom is -0.493 e. The summed E-state index contributed by atoms with van der Waals surface area (Å²) in [7, 11) is 4.62. The lowest BCUT2D eigenvalue weighted by molar-refractivity contribution is 0.0391. The van der Waals surface area contributed by atoms with Crippen LogP contribution in [0.1, 0.15) is 15.9 Å². The Morgan fingerprint density at radius 1 is 1.12 bits per heavy atom. The second-order valence-corrected chi connectivity index (χ2v) is 8.75. The van der Waals surface area contributed by atoms with Gasteiger partial charge < -0.3 is 18.9 Å². The number of morpholine rings is 1. The molecule has 1 aliphatic heterocycles. The molecule has 2 heterocycles. The van der Waals surface area contributed by atoms with Crippen molar-refractivity contribution >= 4 is 32.6 Å². The fourth-order valence-corrected chi connectivity index (χ4v) is 4.97. The second kappa shape index (κ2) is 10.4. The van der Waals surface area contributed by atoms with Gasteiger partial charge >= 0.3 is 0 Å². The molecule has 33 heavy (non-hydrogen) atoms. The number of nitrogens with zero attached hydrogens (tertiary/aromatic N) is 3. The number of benzene rings is 2. The summed E-state index contributed by atoms with van der Waals surface area (Å²) in [5, 5.41) is 0.673. The molecule has 0 saturated carbocycles. The van der Waals surface area contributed by atoms with Crippen LogP contribution in [0, 0.1) is 6.92 Å². The number of anilines is 1. The zero-order valence-corrected chi connectivity index (χ0v) is 20.2. The number of aromatic nitrogens is 1. The summed E-state index contributed by atoms with van der Waals surface area (Å²) in [5.41, 5.74) is 2.46. The number of thiazole rings is 1. The highest BCUT2D eigenvalue weighted by Gasteiger charge is 2.26. The number of aryl methyl sites for hydroxylation is 1. The predicted octanol–water partition coefficient (Wildman–Crippen LogP) is 3.61. The molecule has 0 unspecified atom stereocenters. The molecule has 0 radical (unpaired) electrons. The Hall–Kier alpha value is -2.88. The lowest BCUT2D eigenvalue weighted by atomic mass is 10.1. The molecule has 0 N–H and O–H groups in total. The van der Waals surface area contributed by atoms with Crippen LogP contribution < -0.4 is 19.1 Å². The number of fused-ring (bicyclic) bond motifs is 1. The molecule has 4 rings (SSSR count). The molecule has 1 fully saturated rings. The Labute approximate surface area is 197 Å². The normalized spacial score (nSPS) is 14.3. The maximum atomic E-state index is 13.8. The van der Waals surface area contributed by atoms with Gasteiger partial charge in [-0.1, -0.05) is 23.5 Å². The summed E-state index contributed by atoms with van der Waals surface area (Å²) in [4.78, 5) is 22.7. The highest BCUT2D eigenvalue weighted by molar-refractivity contribution is 7.22. The Morgan fingerprint density at radius 3 is 2.42 bits per heavy atom. The van der Waals surface area contributed by atoms with Crippen molar-refractivity contribution in [2.24, 2.45) is 0 Å². The van der Waals surface area contributed by atoms with E-state index in [0.717, 1.165) is 35.4 Å². The van der Waals surface area contributed by atoms with E-state index in [1.54, 1.807) is 24.1 Å². The zero-order valence-electron chi connectivity index (χ0n) is 19.4. The van der Waals surface area contributed by atoms with Crippen LogP contribution in [0.3, 0.4) is 0 Å². The number of rotatable bonds is 8. The molecular formula is C24H29N3O5S. The minimum absolute atomic E-state index is 0.167. The van der Waals surface area contributed by atoms with Gasteiger partial charge in [0.05, 0.1) is 44.8 Å². The van der Waals surface area contributed by atoms with Crippen LogP contribution in [0.5, 0.6) is 17.2 Å². The standard InChI is InChI=1S/C24H29N3O5S/c1-16-6-5-7-20-21(16)25-24(33-20)27(9-8-26-10-12-32-13-11-26)23(28)17-14-18(29-2)22(31-4)19(15-17)30-3/h5-7,14-15H,8-13H2,1-4H3. The number of carbonyl (C=O) groups is 1. The third kappa shape index (κ3) is 4.90. The smallest absolute Gasteiger partial charge is 0.260 e. The van der Waals surface area contributed by atoms with E-state index in [9.17, 15) is 4.79 Å². The highest BCUT2D eigenvalue weighted by Crippen LogP contribution is 2.39. The first-order valence-corrected chi connectivity index (χ1v) is 11.7. The molecule has 0 spiro atoms. The molecule has 0 atom stereocenters.